The number of nitrogens with one attached hydrogen (secondary N) is 2. The zero-order chi connectivity index (χ0) is 25.0. The molecule has 2 N–H and O–H groups in total. The maximum Gasteiger partial charge on any atom is 0.471 e. The number of benzene rings is 2. The van der Waals surface area contributed by atoms with Crippen molar-refractivity contribution in [1.82, 2.24) is 20.4 Å². The maximum absolute atomic E-state index is 12.9. The van der Waals surface area contributed by atoms with Crippen molar-refractivity contribution >= 4 is 17.6 Å². The van der Waals surface area contributed by atoms with Crippen LogP contribution in [0.5, 0.6) is 0 Å². The fourth-order valence-corrected chi connectivity index (χ4v) is 3.85. The van der Waals surface area contributed by atoms with E-state index >= 15 is 0 Å². The van der Waals surface area contributed by atoms with E-state index in [0.717, 1.165) is 24.8 Å². The van der Waals surface area contributed by atoms with Gasteiger partial charge in [0.25, 0.3) is 5.91 Å². The largest absolute Gasteiger partial charge is 0.471 e. The first-order valence-electron chi connectivity index (χ1n) is 11.1. The summed E-state index contributed by atoms with van der Waals surface area (Å²) < 4.78 is 42.2. The zero-order valence-corrected chi connectivity index (χ0v) is 18.9. The van der Waals surface area contributed by atoms with Gasteiger partial charge in [-0.2, -0.15) is 18.2 Å². The predicted molar refractivity (Wildman–Crippen MR) is 122 cm³/mol. The molecule has 3 amide bonds. The Morgan fingerprint density at radius 2 is 1.80 bits per heavy atom. The Bertz CT molecular complexity index is 1180. The minimum atomic E-state index is -4.72. The minimum Gasteiger partial charge on any atom is -0.350 e. The van der Waals surface area contributed by atoms with Gasteiger partial charge in [0.05, 0.1) is 6.04 Å². The number of hydrogen-bond donors (Lipinski definition) is 2. The van der Waals surface area contributed by atoms with Crippen LogP contribution in [0.15, 0.2) is 53.1 Å². The fraction of sp³-hybridized carbons (Fsp3) is 0.333. The highest BCUT2D eigenvalue weighted by Crippen LogP contribution is 2.29. The Balaban J connectivity index is 1.36. The number of aryl methyl sites for hydroxylation is 1. The average molecular weight is 487 g/mol. The normalized spacial score (nSPS) is 16.1. The van der Waals surface area contributed by atoms with E-state index in [4.69, 9.17) is 0 Å². The molecular formula is C24H24F3N5O3. The number of rotatable bonds is 5. The molecule has 4 rings (SSSR count). The van der Waals surface area contributed by atoms with Crippen LogP contribution in [-0.2, 0) is 6.18 Å². The van der Waals surface area contributed by atoms with Crippen LogP contribution < -0.4 is 10.6 Å². The van der Waals surface area contributed by atoms with Crippen LogP contribution in [0.25, 0.3) is 11.4 Å². The minimum absolute atomic E-state index is 0.155. The van der Waals surface area contributed by atoms with E-state index in [1.54, 1.807) is 29.2 Å². The molecule has 3 aromatic rings. The van der Waals surface area contributed by atoms with Crippen molar-refractivity contribution in [3.63, 3.8) is 0 Å². The Labute approximate surface area is 199 Å². The van der Waals surface area contributed by atoms with Crippen LogP contribution in [0, 0.1) is 6.92 Å². The summed E-state index contributed by atoms with van der Waals surface area (Å²) in [5.41, 5.74) is 2.41. The van der Waals surface area contributed by atoms with Crippen molar-refractivity contribution in [3.05, 3.63) is 65.5 Å². The number of anilines is 1. The van der Waals surface area contributed by atoms with Crippen molar-refractivity contribution in [2.24, 2.45) is 0 Å². The molecule has 1 saturated heterocycles. The van der Waals surface area contributed by atoms with E-state index < -0.39 is 12.1 Å². The molecule has 0 radical (unpaired) electrons. The summed E-state index contributed by atoms with van der Waals surface area (Å²) >= 11 is 0. The van der Waals surface area contributed by atoms with E-state index in [1.807, 2.05) is 19.1 Å². The molecule has 1 unspecified atom stereocenters. The molecule has 0 spiro atoms. The molecule has 35 heavy (non-hydrogen) atoms. The number of carbonyl (C=O) groups excluding carboxylic acids is 2. The van der Waals surface area contributed by atoms with Crippen molar-refractivity contribution < 1.29 is 27.3 Å². The molecule has 1 aliphatic rings. The number of carbonyl (C=O) groups is 2. The van der Waals surface area contributed by atoms with E-state index in [0.29, 0.717) is 29.9 Å². The Morgan fingerprint density at radius 3 is 2.46 bits per heavy atom. The highest BCUT2D eigenvalue weighted by atomic mass is 19.4. The first-order chi connectivity index (χ1) is 16.7. The molecule has 1 aromatic heterocycles. The molecule has 0 aliphatic carbocycles. The molecule has 11 heteroatoms. The summed E-state index contributed by atoms with van der Waals surface area (Å²) in [5.74, 6) is -1.81. The molecule has 1 aliphatic heterocycles. The van der Waals surface area contributed by atoms with Gasteiger partial charge in [0.2, 0.25) is 5.82 Å². The number of urea groups is 1. The average Bonchev–Trinajstić information content (AvgIpc) is 3.35. The van der Waals surface area contributed by atoms with Crippen LogP contribution in [0.3, 0.4) is 0 Å². The van der Waals surface area contributed by atoms with Crippen molar-refractivity contribution in [2.45, 2.75) is 38.4 Å². The van der Waals surface area contributed by atoms with Gasteiger partial charge in [0, 0.05) is 29.9 Å². The molecule has 1 fully saturated rings. The number of alkyl halides is 3. The second kappa shape index (κ2) is 10.2. The fourth-order valence-electron chi connectivity index (χ4n) is 3.85. The number of likely N-dealkylation sites (tertiary alicyclic amines) is 1. The summed E-state index contributed by atoms with van der Waals surface area (Å²) in [5, 5.41) is 9.07. The predicted octanol–water partition coefficient (Wildman–Crippen LogP) is 4.88. The summed E-state index contributed by atoms with van der Waals surface area (Å²) in [7, 11) is 0. The molecule has 0 bridgehead atoms. The number of piperidine rings is 1. The zero-order valence-electron chi connectivity index (χ0n) is 18.9. The molecular weight excluding hydrogens is 463 g/mol. The molecule has 1 atom stereocenters. The van der Waals surface area contributed by atoms with Crippen LogP contribution >= 0.6 is 0 Å². The standard InChI is InChI=1S/C24H24F3N5O3/c1-15-5-7-17(8-6-15)21(33)28-14-19-4-2-3-13-32(19)23(34)29-18-11-9-16(10-12-18)20-30-22(35-31-20)24(25,26)27/h5-12,19H,2-4,13-14H2,1H3,(H,28,33)(H,29,34). The molecule has 8 nitrogen and oxygen atoms in total. The van der Waals surface area contributed by atoms with Crippen molar-refractivity contribution in [3.8, 4) is 11.4 Å². The lowest BCUT2D eigenvalue weighted by atomic mass is 10.0. The number of nitrogens with zero attached hydrogens (tertiary/aromatic N) is 3. The number of hydrogen-bond acceptors (Lipinski definition) is 5. The summed E-state index contributed by atoms with van der Waals surface area (Å²) in [4.78, 5) is 30.4. The van der Waals surface area contributed by atoms with E-state index in [9.17, 15) is 22.8 Å². The Morgan fingerprint density at radius 1 is 1.09 bits per heavy atom. The SMILES string of the molecule is Cc1ccc(C(=O)NCC2CCCCN2C(=O)Nc2ccc(-c3noc(C(F)(F)F)n3)cc2)cc1. The highest BCUT2D eigenvalue weighted by molar-refractivity contribution is 5.94. The first kappa shape index (κ1) is 24.2. The Hall–Kier alpha value is -3.89. The van der Waals surface area contributed by atoms with Gasteiger partial charge < -0.3 is 20.1 Å². The Kier molecular flexibility index (Phi) is 7.04. The van der Waals surface area contributed by atoms with Gasteiger partial charge in [-0.15, -0.1) is 0 Å². The lowest BCUT2D eigenvalue weighted by molar-refractivity contribution is -0.159. The van der Waals surface area contributed by atoms with E-state index in [2.05, 4.69) is 25.3 Å². The lowest BCUT2D eigenvalue weighted by Crippen LogP contribution is -2.50. The quantitative estimate of drug-likeness (QED) is 0.534. The number of halogens is 3. The third-order valence-electron chi connectivity index (χ3n) is 5.76. The third-order valence-corrected chi connectivity index (χ3v) is 5.76. The summed E-state index contributed by atoms with van der Waals surface area (Å²) in [6.07, 6.45) is -2.15. The van der Waals surface area contributed by atoms with Gasteiger partial charge in [0.1, 0.15) is 0 Å². The van der Waals surface area contributed by atoms with Crippen LogP contribution in [0.1, 0.15) is 41.1 Å². The van der Waals surface area contributed by atoms with Gasteiger partial charge in [-0.3, -0.25) is 4.79 Å². The first-order valence-corrected chi connectivity index (χ1v) is 11.1. The molecule has 2 aromatic carbocycles. The van der Waals surface area contributed by atoms with Crippen LogP contribution in [-0.4, -0.2) is 46.1 Å². The third kappa shape index (κ3) is 5.97. The summed E-state index contributed by atoms with van der Waals surface area (Å²) in [6, 6.07) is 12.9. The second-order valence-electron chi connectivity index (χ2n) is 8.35. The number of aromatic nitrogens is 2. The lowest BCUT2D eigenvalue weighted by Gasteiger charge is -2.35. The van der Waals surface area contributed by atoms with Gasteiger partial charge in [-0.05, 0) is 62.6 Å². The topological polar surface area (TPSA) is 100 Å². The van der Waals surface area contributed by atoms with Crippen LogP contribution in [0.2, 0.25) is 0 Å². The molecule has 2 heterocycles. The number of amides is 3. The second-order valence-corrected chi connectivity index (χ2v) is 8.35. The smallest absolute Gasteiger partial charge is 0.350 e. The van der Waals surface area contributed by atoms with Crippen LogP contribution in [0.4, 0.5) is 23.7 Å². The van der Waals surface area contributed by atoms with E-state index in [-0.39, 0.29) is 23.8 Å². The van der Waals surface area contributed by atoms with Gasteiger partial charge >= 0.3 is 18.1 Å². The maximum atomic E-state index is 12.9. The van der Waals surface area contributed by atoms with Crippen molar-refractivity contribution in [2.75, 3.05) is 18.4 Å². The molecule has 184 valence electrons. The highest BCUT2D eigenvalue weighted by Gasteiger charge is 2.38. The van der Waals surface area contributed by atoms with Gasteiger partial charge in [-0.25, -0.2) is 4.79 Å². The van der Waals surface area contributed by atoms with E-state index in [1.165, 1.54) is 12.1 Å². The molecule has 0 saturated carbocycles. The van der Waals surface area contributed by atoms with Crippen molar-refractivity contribution in [1.29, 1.82) is 0 Å². The van der Waals surface area contributed by atoms with Gasteiger partial charge in [-0.1, -0.05) is 22.9 Å². The monoisotopic (exact) mass is 487 g/mol. The summed E-state index contributed by atoms with van der Waals surface area (Å²) in [6.45, 7) is 2.83. The van der Waals surface area contributed by atoms with Gasteiger partial charge in [0.15, 0.2) is 0 Å².